The van der Waals surface area contributed by atoms with E-state index in [0.717, 1.165) is 5.69 Å². The van der Waals surface area contributed by atoms with Gasteiger partial charge in [0.2, 0.25) is 5.91 Å². The van der Waals surface area contributed by atoms with Crippen molar-refractivity contribution in [2.45, 2.75) is 39.4 Å². The highest BCUT2D eigenvalue weighted by atomic mass is 16.4. The van der Waals surface area contributed by atoms with Gasteiger partial charge in [0.1, 0.15) is 11.7 Å². The van der Waals surface area contributed by atoms with Gasteiger partial charge in [-0.05, 0) is 32.9 Å². The zero-order valence-electron chi connectivity index (χ0n) is 12.7. The van der Waals surface area contributed by atoms with E-state index in [0.29, 0.717) is 6.54 Å². The molecule has 22 heavy (non-hydrogen) atoms. The Balaban J connectivity index is 1.98. The number of amides is 1. The number of aromatic nitrogens is 4. The zero-order valence-corrected chi connectivity index (χ0v) is 12.7. The molecular weight excluding hydrogens is 286 g/mol. The van der Waals surface area contributed by atoms with Crippen molar-refractivity contribution < 1.29 is 14.7 Å². The Morgan fingerprint density at radius 3 is 2.68 bits per heavy atom. The molecule has 0 fully saturated rings. The summed E-state index contributed by atoms with van der Waals surface area (Å²) in [6, 6.07) is 2.41. The summed E-state index contributed by atoms with van der Waals surface area (Å²) < 4.78 is 2.95. The van der Waals surface area contributed by atoms with Crippen LogP contribution in [0.2, 0.25) is 0 Å². The predicted octanol–water partition coefficient (Wildman–Crippen LogP) is 0.852. The Morgan fingerprint density at radius 1 is 1.36 bits per heavy atom. The molecule has 0 bridgehead atoms. The highest BCUT2D eigenvalue weighted by Gasteiger charge is 2.22. The second kappa shape index (κ2) is 6.42. The van der Waals surface area contributed by atoms with E-state index >= 15 is 0 Å². The summed E-state index contributed by atoms with van der Waals surface area (Å²) in [6.07, 6.45) is 3.21. The van der Waals surface area contributed by atoms with Crippen LogP contribution in [0.25, 0.3) is 0 Å². The lowest BCUT2D eigenvalue weighted by atomic mass is 10.2. The van der Waals surface area contributed by atoms with Gasteiger partial charge in [0.05, 0.1) is 12.2 Å². The first-order chi connectivity index (χ1) is 10.4. The van der Waals surface area contributed by atoms with Crippen LogP contribution in [-0.2, 0) is 11.3 Å². The molecule has 0 spiro atoms. The van der Waals surface area contributed by atoms with Crippen molar-refractivity contribution in [3.05, 3.63) is 35.9 Å². The maximum absolute atomic E-state index is 12.2. The fourth-order valence-corrected chi connectivity index (χ4v) is 2.16. The lowest BCUT2D eigenvalue weighted by Gasteiger charge is -2.18. The molecule has 2 N–H and O–H groups in total. The Hall–Kier alpha value is -2.64. The second-order valence-electron chi connectivity index (χ2n) is 5.23. The van der Waals surface area contributed by atoms with Crippen molar-refractivity contribution in [3.8, 4) is 0 Å². The molecule has 0 aliphatic heterocycles. The number of rotatable bonds is 6. The van der Waals surface area contributed by atoms with Gasteiger partial charge in [-0.3, -0.25) is 9.48 Å². The Labute approximate surface area is 127 Å². The predicted molar refractivity (Wildman–Crippen MR) is 78.5 cm³/mol. The van der Waals surface area contributed by atoms with E-state index in [4.69, 9.17) is 5.11 Å². The molecule has 0 aliphatic rings. The van der Waals surface area contributed by atoms with Crippen molar-refractivity contribution in [2.24, 2.45) is 0 Å². The summed E-state index contributed by atoms with van der Waals surface area (Å²) in [7, 11) is 0. The number of nitrogens with zero attached hydrogens (tertiary/aromatic N) is 4. The lowest BCUT2D eigenvalue weighted by molar-refractivity contribution is -0.124. The van der Waals surface area contributed by atoms with Gasteiger partial charge in [-0.15, -0.1) is 0 Å². The highest BCUT2D eigenvalue weighted by molar-refractivity contribution is 5.87. The first-order valence-electron chi connectivity index (χ1n) is 6.95. The molecule has 1 amide bonds. The number of hydrogen-bond acceptors (Lipinski definition) is 4. The van der Waals surface area contributed by atoms with Crippen LogP contribution in [0.3, 0.4) is 0 Å². The summed E-state index contributed by atoms with van der Waals surface area (Å²) >= 11 is 0. The molecule has 0 saturated heterocycles. The van der Waals surface area contributed by atoms with E-state index in [1.165, 1.54) is 16.9 Å². The summed E-state index contributed by atoms with van der Waals surface area (Å²) in [5.41, 5.74) is 0.896. The maximum Gasteiger partial charge on any atom is 0.354 e. The van der Waals surface area contributed by atoms with Crippen molar-refractivity contribution in [2.75, 3.05) is 0 Å². The number of hydrogen-bond donors (Lipinski definition) is 2. The molecular formula is C14H19N5O3. The van der Waals surface area contributed by atoms with Gasteiger partial charge >= 0.3 is 5.97 Å². The van der Waals surface area contributed by atoms with Gasteiger partial charge < -0.3 is 10.4 Å². The molecule has 2 unspecified atom stereocenters. The van der Waals surface area contributed by atoms with Gasteiger partial charge in [0.15, 0.2) is 0 Å². The van der Waals surface area contributed by atoms with E-state index in [1.807, 2.05) is 26.1 Å². The molecule has 2 heterocycles. The molecule has 0 radical (unpaired) electrons. The number of carboxylic acid groups (broad SMARTS) is 1. The van der Waals surface area contributed by atoms with Crippen LogP contribution >= 0.6 is 0 Å². The first kappa shape index (κ1) is 15.7. The van der Waals surface area contributed by atoms with E-state index in [2.05, 4.69) is 15.5 Å². The molecule has 0 aliphatic carbocycles. The molecule has 118 valence electrons. The largest absolute Gasteiger partial charge is 0.477 e. The molecule has 0 aromatic carbocycles. The van der Waals surface area contributed by atoms with E-state index in [1.54, 1.807) is 11.6 Å². The monoisotopic (exact) mass is 305 g/mol. The molecule has 0 saturated carbocycles. The van der Waals surface area contributed by atoms with E-state index in [-0.39, 0.29) is 17.6 Å². The summed E-state index contributed by atoms with van der Waals surface area (Å²) in [4.78, 5) is 23.3. The SMILES string of the molecule is Cc1ccn(CC(C)NC(=O)C(C)n2nccc2C(=O)O)n1. The third kappa shape index (κ3) is 3.51. The van der Waals surface area contributed by atoms with Crippen molar-refractivity contribution in [1.82, 2.24) is 24.9 Å². The Kier molecular flexibility index (Phi) is 4.59. The average molecular weight is 305 g/mol. The molecule has 8 heteroatoms. The Morgan fingerprint density at radius 2 is 2.09 bits per heavy atom. The van der Waals surface area contributed by atoms with Crippen LogP contribution in [0, 0.1) is 6.92 Å². The number of carbonyl (C=O) groups excluding carboxylic acids is 1. The summed E-state index contributed by atoms with van der Waals surface area (Å²) in [6.45, 7) is 5.91. The average Bonchev–Trinajstić information content (AvgIpc) is 3.06. The molecule has 8 nitrogen and oxygen atoms in total. The van der Waals surface area contributed by atoms with E-state index in [9.17, 15) is 9.59 Å². The van der Waals surface area contributed by atoms with Crippen molar-refractivity contribution in [1.29, 1.82) is 0 Å². The lowest BCUT2D eigenvalue weighted by Crippen LogP contribution is -2.40. The van der Waals surface area contributed by atoms with Crippen LogP contribution < -0.4 is 5.32 Å². The zero-order chi connectivity index (χ0) is 16.3. The molecule has 2 aromatic heterocycles. The number of aryl methyl sites for hydroxylation is 1. The highest BCUT2D eigenvalue weighted by Crippen LogP contribution is 2.10. The maximum atomic E-state index is 12.2. The van der Waals surface area contributed by atoms with E-state index < -0.39 is 12.0 Å². The molecule has 2 atom stereocenters. The summed E-state index contributed by atoms with van der Waals surface area (Å²) in [5, 5.41) is 20.1. The first-order valence-corrected chi connectivity index (χ1v) is 6.95. The second-order valence-corrected chi connectivity index (χ2v) is 5.23. The minimum atomic E-state index is -1.11. The number of carboxylic acids is 1. The number of carbonyl (C=O) groups is 2. The van der Waals surface area contributed by atoms with Crippen LogP contribution in [0.5, 0.6) is 0 Å². The van der Waals surface area contributed by atoms with Gasteiger partial charge in [-0.2, -0.15) is 10.2 Å². The third-order valence-electron chi connectivity index (χ3n) is 3.26. The van der Waals surface area contributed by atoms with Crippen molar-refractivity contribution in [3.63, 3.8) is 0 Å². The van der Waals surface area contributed by atoms with Crippen LogP contribution in [-0.4, -0.2) is 42.6 Å². The fourth-order valence-electron chi connectivity index (χ4n) is 2.16. The minimum Gasteiger partial charge on any atom is -0.477 e. The van der Waals surface area contributed by atoms with Gasteiger partial charge in [-0.1, -0.05) is 0 Å². The quantitative estimate of drug-likeness (QED) is 0.824. The van der Waals surface area contributed by atoms with Crippen LogP contribution in [0.15, 0.2) is 24.5 Å². The van der Waals surface area contributed by atoms with Crippen LogP contribution in [0.4, 0.5) is 0 Å². The summed E-state index contributed by atoms with van der Waals surface area (Å²) in [5.74, 6) is -1.40. The normalized spacial score (nSPS) is 13.6. The van der Waals surface area contributed by atoms with Gasteiger partial charge in [0.25, 0.3) is 0 Å². The molecule has 2 rings (SSSR count). The minimum absolute atomic E-state index is 0.0157. The fraction of sp³-hybridized carbons (Fsp3) is 0.429. The molecule has 2 aromatic rings. The topological polar surface area (TPSA) is 102 Å². The van der Waals surface area contributed by atoms with Crippen LogP contribution in [0.1, 0.15) is 36.1 Å². The number of nitrogens with one attached hydrogen (secondary N) is 1. The van der Waals surface area contributed by atoms with Gasteiger partial charge in [-0.25, -0.2) is 9.48 Å². The Bertz CT molecular complexity index is 676. The number of aromatic carboxylic acids is 1. The standard InChI is InChI=1S/C14H19N5O3/c1-9-5-7-18(17-9)8-10(2)16-13(20)11(3)19-12(14(21)22)4-6-15-19/h4-7,10-11H,8H2,1-3H3,(H,16,20)(H,21,22). The van der Waals surface area contributed by atoms with Crippen molar-refractivity contribution >= 4 is 11.9 Å². The smallest absolute Gasteiger partial charge is 0.354 e. The van der Waals surface area contributed by atoms with Gasteiger partial charge in [0, 0.05) is 18.4 Å². The third-order valence-corrected chi connectivity index (χ3v) is 3.26.